The lowest BCUT2D eigenvalue weighted by atomic mass is 10.3. The van der Waals surface area contributed by atoms with E-state index in [0.29, 0.717) is 19.5 Å². The van der Waals surface area contributed by atoms with Gasteiger partial charge in [0.25, 0.3) is 0 Å². The number of hydrogen-bond acceptors (Lipinski definition) is 6. The van der Waals surface area contributed by atoms with Crippen molar-refractivity contribution in [1.82, 2.24) is 9.88 Å². The summed E-state index contributed by atoms with van der Waals surface area (Å²) in [5.41, 5.74) is 2.21. The van der Waals surface area contributed by atoms with Crippen LogP contribution in [0.2, 0.25) is 0 Å². The third-order valence-electron chi connectivity index (χ3n) is 3.20. The Hall–Kier alpha value is -1.94. The molecule has 0 saturated heterocycles. The first-order valence-corrected chi connectivity index (χ1v) is 8.76. The quantitative estimate of drug-likeness (QED) is 0.645. The van der Waals surface area contributed by atoms with Crippen molar-refractivity contribution in [1.29, 1.82) is 5.26 Å². The fraction of sp³-hybridized carbons (Fsp3) is 0.250. The minimum Gasteiger partial charge on any atom is -0.468 e. The highest BCUT2D eigenvalue weighted by Crippen LogP contribution is 2.26. The molecular formula is C16H15N3OS2. The molecule has 0 aliphatic rings. The molecule has 0 bridgehead atoms. The summed E-state index contributed by atoms with van der Waals surface area (Å²) in [6.07, 6.45) is 2.18. The molecule has 3 aromatic rings. The maximum Gasteiger partial charge on any atom is 0.124 e. The number of thiophene rings is 1. The van der Waals surface area contributed by atoms with Crippen LogP contribution in [0.15, 0.2) is 45.0 Å². The van der Waals surface area contributed by atoms with Crippen molar-refractivity contribution in [3.8, 4) is 16.6 Å². The molecule has 0 N–H and O–H groups in total. The highest BCUT2D eigenvalue weighted by molar-refractivity contribution is 7.14. The molecule has 3 rings (SSSR count). The van der Waals surface area contributed by atoms with Crippen LogP contribution in [0.4, 0.5) is 0 Å². The van der Waals surface area contributed by atoms with E-state index in [2.05, 4.69) is 33.2 Å². The standard InChI is InChI=1S/C16H15N3OS2/c17-5-2-6-19(10-15-3-1-7-20-15)9-14-12-22-16(18-14)13-4-8-21-11-13/h1,3-4,7-8,11-12H,2,6,9-10H2. The predicted molar refractivity (Wildman–Crippen MR) is 88.5 cm³/mol. The Labute approximate surface area is 137 Å². The van der Waals surface area contributed by atoms with Crippen LogP contribution in [-0.4, -0.2) is 16.4 Å². The number of nitriles is 1. The molecule has 0 spiro atoms. The van der Waals surface area contributed by atoms with Crippen LogP contribution in [0.5, 0.6) is 0 Å². The molecule has 0 fully saturated rings. The van der Waals surface area contributed by atoms with E-state index < -0.39 is 0 Å². The van der Waals surface area contributed by atoms with Crippen LogP contribution in [0.3, 0.4) is 0 Å². The number of thiazole rings is 1. The zero-order valence-electron chi connectivity index (χ0n) is 11.9. The summed E-state index contributed by atoms with van der Waals surface area (Å²) in [4.78, 5) is 6.89. The zero-order chi connectivity index (χ0) is 15.2. The minimum absolute atomic E-state index is 0.502. The van der Waals surface area contributed by atoms with Gasteiger partial charge in [0.15, 0.2) is 0 Å². The summed E-state index contributed by atoms with van der Waals surface area (Å²) in [7, 11) is 0. The molecule has 0 unspecified atom stereocenters. The first-order chi connectivity index (χ1) is 10.8. The van der Waals surface area contributed by atoms with Gasteiger partial charge in [-0.15, -0.1) is 11.3 Å². The first kappa shape index (κ1) is 15.0. The highest BCUT2D eigenvalue weighted by Gasteiger charge is 2.12. The Bertz CT molecular complexity index is 726. The number of nitrogens with zero attached hydrogens (tertiary/aromatic N) is 3. The van der Waals surface area contributed by atoms with Gasteiger partial charge in [0, 0.05) is 35.8 Å². The van der Waals surface area contributed by atoms with Gasteiger partial charge in [-0.25, -0.2) is 4.98 Å². The molecule has 0 atom stereocenters. The summed E-state index contributed by atoms with van der Waals surface area (Å²) in [6, 6.07) is 8.13. The van der Waals surface area contributed by atoms with E-state index in [1.807, 2.05) is 12.1 Å². The lowest BCUT2D eigenvalue weighted by molar-refractivity contribution is 0.238. The number of aromatic nitrogens is 1. The first-order valence-electron chi connectivity index (χ1n) is 6.94. The normalized spacial score (nSPS) is 10.9. The Morgan fingerprint density at radius 2 is 2.23 bits per heavy atom. The second-order valence-electron chi connectivity index (χ2n) is 4.85. The molecule has 4 nitrogen and oxygen atoms in total. The molecule has 0 amide bonds. The van der Waals surface area contributed by atoms with Crippen molar-refractivity contribution >= 4 is 22.7 Å². The maximum absolute atomic E-state index is 8.82. The molecule has 3 heterocycles. The molecule has 0 aromatic carbocycles. The second-order valence-corrected chi connectivity index (χ2v) is 6.49. The van der Waals surface area contributed by atoms with Crippen molar-refractivity contribution in [2.75, 3.05) is 6.54 Å². The number of rotatable bonds is 7. The third-order valence-corrected chi connectivity index (χ3v) is 4.83. The average Bonchev–Trinajstić information content (AvgIpc) is 3.26. The monoisotopic (exact) mass is 329 g/mol. The zero-order valence-corrected chi connectivity index (χ0v) is 13.6. The Morgan fingerprint density at radius 1 is 1.27 bits per heavy atom. The van der Waals surface area contributed by atoms with Crippen LogP contribution >= 0.6 is 22.7 Å². The summed E-state index contributed by atoms with van der Waals surface area (Å²) in [5.74, 6) is 0.909. The van der Waals surface area contributed by atoms with Crippen LogP contribution in [0.25, 0.3) is 10.6 Å². The summed E-state index contributed by atoms with van der Waals surface area (Å²) in [6.45, 7) is 2.13. The smallest absolute Gasteiger partial charge is 0.124 e. The third kappa shape index (κ3) is 3.83. The molecule has 0 radical (unpaired) electrons. The lowest BCUT2D eigenvalue weighted by Crippen LogP contribution is -2.23. The molecule has 22 heavy (non-hydrogen) atoms. The topological polar surface area (TPSA) is 53.1 Å². The van der Waals surface area contributed by atoms with E-state index in [0.717, 1.165) is 23.0 Å². The van der Waals surface area contributed by atoms with Crippen molar-refractivity contribution in [3.05, 3.63) is 52.1 Å². The molecule has 0 aliphatic heterocycles. The van der Waals surface area contributed by atoms with Gasteiger partial charge in [-0.05, 0) is 23.6 Å². The Morgan fingerprint density at radius 3 is 2.95 bits per heavy atom. The van der Waals surface area contributed by atoms with Crippen LogP contribution in [0.1, 0.15) is 17.9 Å². The van der Waals surface area contributed by atoms with Crippen LogP contribution in [-0.2, 0) is 13.1 Å². The van der Waals surface area contributed by atoms with Gasteiger partial charge < -0.3 is 4.42 Å². The second kappa shape index (κ2) is 7.36. The fourth-order valence-electron chi connectivity index (χ4n) is 2.17. The minimum atomic E-state index is 0.502. The van der Waals surface area contributed by atoms with Crippen LogP contribution in [0, 0.1) is 11.3 Å². The van der Waals surface area contributed by atoms with Gasteiger partial charge in [-0.2, -0.15) is 16.6 Å². The fourth-order valence-corrected chi connectivity index (χ4v) is 3.70. The van der Waals surface area contributed by atoms with Gasteiger partial charge >= 0.3 is 0 Å². The predicted octanol–water partition coefficient (Wildman–Crippen LogP) is 4.38. The van der Waals surface area contributed by atoms with Crippen molar-refractivity contribution in [2.45, 2.75) is 19.5 Å². The van der Waals surface area contributed by atoms with E-state index in [-0.39, 0.29) is 0 Å². The largest absolute Gasteiger partial charge is 0.468 e. The number of furan rings is 1. The van der Waals surface area contributed by atoms with Gasteiger partial charge in [0.05, 0.1) is 24.6 Å². The van der Waals surface area contributed by atoms with E-state index in [9.17, 15) is 0 Å². The van der Waals surface area contributed by atoms with Crippen molar-refractivity contribution in [3.63, 3.8) is 0 Å². The van der Waals surface area contributed by atoms with E-state index in [1.54, 1.807) is 28.9 Å². The van der Waals surface area contributed by atoms with E-state index in [4.69, 9.17) is 14.7 Å². The van der Waals surface area contributed by atoms with E-state index >= 15 is 0 Å². The molecule has 0 saturated carbocycles. The van der Waals surface area contributed by atoms with Gasteiger partial charge in [0.2, 0.25) is 0 Å². The Kier molecular flexibility index (Phi) is 5.01. The van der Waals surface area contributed by atoms with Gasteiger partial charge in [-0.1, -0.05) is 0 Å². The summed E-state index contributed by atoms with van der Waals surface area (Å²) < 4.78 is 5.40. The molecular weight excluding hydrogens is 314 g/mol. The van der Waals surface area contributed by atoms with Crippen LogP contribution < -0.4 is 0 Å². The summed E-state index contributed by atoms with van der Waals surface area (Å²) in [5, 5.41) is 16.1. The van der Waals surface area contributed by atoms with Gasteiger partial charge in [0.1, 0.15) is 10.8 Å². The number of hydrogen-bond donors (Lipinski definition) is 0. The molecule has 112 valence electrons. The molecule has 3 aromatic heterocycles. The van der Waals surface area contributed by atoms with Crippen molar-refractivity contribution in [2.24, 2.45) is 0 Å². The average molecular weight is 329 g/mol. The van der Waals surface area contributed by atoms with Gasteiger partial charge in [-0.3, -0.25) is 4.90 Å². The Balaban J connectivity index is 1.68. The van der Waals surface area contributed by atoms with Crippen molar-refractivity contribution < 1.29 is 4.42 Å². The maximum atomic E-state index is 8.82. The highest BCUT2D eigenvalue weighted by atomic mass is 32.1. The molecule has 0 aliphatic carbocycles. The SMILES string of the molecule is N#CCCN(Cc1csc(-c2ccsc2)n1)Cc1ccco1. The lowest BCUT2D eigenvalue weighted by Gasteiger charge is -2.18. The summed E-state index contributed by atoms with van der Waals surface area (Å²) >= 11 is 3.34. The molecule has 6 heteroatoms. The van der Waals surface area contributed by atoms with E-state index in [1.165, 1.54) is 5.56 Å².